The topological polar surface area (TPSA) is 128 Å². The van der Waals surface area contributed by atoms with Crippen LogP contribution in [0.4, 0.5) is 45.3 Å². The van der Waals surface area contributed by atoms with Gasteiger partial charge in [-0.25, -0.2) is 4.98 Å². The van der Waals surface area contributed by atoms with E-state index in [1.165, 1.54) is 37.5 Å². The number of benzene rings is 3. The lowest BCUT2D eigenvalue weighted by Gasteiger charge is -2.50. The summed E-state index contributed by atoms with van der Waals surface area (Å²) in [5.41, 5.74) is 6.42. The van der Waals surface area contributed by atoms with Crippen LogP contribution in [0.3, 0.4) is 0 Å². The number of hydrogen-bond donors (Lipinski definition) is 0. The van der Waals surface area contributed by atoms with Crippen LogP contribution in [0.2, 0.25) is 0 Å². The maximum Gasteiger partial charge on any atom is 0.431 e. The number of carbonyl (C=O) groups excluding carboxylic acids is 3. The number of hydrogen-bond acceptors (Lipinski definition) is 10. The number of aryl methyl sites for hydroxylation is 2. The molecule has 3 amide bonds. The Hall–Kier alpha value is -8.46. The van der Waals surface area contributed by atoms with Gasteiger partial charge in [0, 0.05) is 138 Å². The zero-order valence-corrected chi connectivity index (χ0v) is 57.3. The number of nitrogens with zero attached hydrogens (tertiary/aromatic N) is 13. The third-order valence-electron chi connectivity index (χ3n) is 22.6. The van der Waals surface area contributed by atoms with Crippen molar-refractivity contribution >= 4 is 29.2 Å². The molecule has 0 aliphatic carbocycles. The average molecular weight is 1390 g/mol. The number of likely N-dealkylation sites (N-methyl/N-ethyl adjacent to an activating group) is 3. The van der Waals surface area contributed by atoms with Crippen molar-refractivity contribution in [3.8, 4) is 11.1 Å². The standard InChI is InChI=1S/C26H26F3N3O.C24H30F3N7O.C24H28F3N3O2/c1-30-17-18-32-22(11-12-23(32)26(27,28)29)25(30)13-15-31(16-14-25)24(33)21-9-7-20(8-10-21)19-5-3-2-4-6-19;1-5-30(3)20-14-16(2)29-21-17(15-28-34(20)21)22(35)32-10-8-23(9-11-32)18-6-7-19(24(25,26)27)33(18)13-12-31(23)4;1-16-13-17(3-4-19(16)18-14-32-15-18)22(31)29-9-7-23(8-10-29)20-5-6-21(24(25,26)27)30(20)12-11-28(23)2/h2-12H,13-18H2,1H3;6-7,14-15H,5,8-13H2,1-4H3;3-6,13,18H,7-12,14-15H2,1-2H3. The summed E-state index contributed by atoms with van der Waals surface area (Å²) in [4.78, 5) is 58.4. The summed E-state index contributed by atoms with van der Waals surface area (Å²) < 4.78 is 133. The second-order valence-electron chi connectivity index (χ2n) is 27.8. The van der Waals surface area contributed by atoms with Crippen LogP contribution in [0.15, 0.2) is 121 Å². The van der Waals surface area contributed by atoms with Crippen molar-refractivity contribution in [1.29, 1.82) is 0 Å². The lowest BCUT2D eigenvalue weighted by molar-refractivity contribution is -0.145. The minimum Gasteiger partial charge on any atom is -0.380 e. The first kappa shape index (κ1) is 70.0. The molecule has 4 fully saturated rings. The fourth-order valence-corrected chi connectivity index (χ4v) is 16.5. The highest BCUT2D eigenvalue weighted by molar-refractivity contribution is 6.00. The molecule has 5 aromatic heterocycles. The van der Waals surface area contributed by atoms with Crippen molar-refractivity contribution in [2.45, 2.75) is 120 Å². The van der Waals surface area contributed by atoms with Gasteiger partial charge in [-0.05, 0) is 163 Å². The highest BCUT2D eigenvalue weighted by atomic mass is 19.4. The quantitative estimate of drug-likeness (QED) is 0.142. The lowest BCUT2D eigenvalue weighted by Crippen LogP contribution is -2.56. The SMILES string of the molecule is CCN(C)c1cc(C)nc2c(C(=O)N3CCC4(CC3)c3ccc(C(F)(F)F)n3CCN4C)cnn12.CN1CCn2c(C(F)(F)F)ccc2C12CCN(C(=O)c1ccc(-c3ccccc3)cc1)CC2.Cc1cc(C(=O)N2CCC3(CC2)c2ccc(C(F)(F)F)n2CCN3C)ccc1C1COC1. The third kappa shape index (κ3) is 12.7. The highest BCUT2D eigenvalue weighted by Gasteiger charge is 2.51. The van der Waals surface area contributed by atoms with E-state index in [9.17, 15) is 53.9 Å². The van der Waals surface area contributed by atoms with E-state index in [2.05, 4.69) is 24.8 Å². The molecule has 0 radical (unpaired) electrons. The number of alkyl halides is 9. The molecule has 15 rings (SSSR count). The smallest absolute Gasteiger partial charge is 0.380 e. The number of rotatable bonds is 7. The summed E-state index contributed by atoms with van der Waals surface area (Å²) >= 11 is 0. The highest BCUT2D eigenvalue weighted by Crippen LogP contribution is 2.48. The number of amides is 3. The Kier molecular flexibility index (Phi) is 18.8. The summed E-state index contributed by atoms with van der Waals surface area (Å²) in [5, 5.41) is 4.44. The summed E-state index contributed by atoms with van der Waals surface area (Å²) in [5.74, 6) is 1.08. The molecule has 7 aliphatic heterocycles. The fraction of sp³-hybridized carbons (Fsp3) is 0.473. The minimum absolute atomic E-state index is 0.0100. The van der Waals surface area contributed by atoms with Crippen molar-refractivity contribution in [3.05, 3.63) is 189 Å². The molecular formula is C74H84F9N13O4. The molecular weight excluding hydrogens is 1310 g/mol. The van der Waals surface area contributed by atoms with Crippen molar-refractivity contribution in [2.75, 3.05) is 112 Å². The van der Waals surface area contributed by atoms with Crippen LogP contribution in [0, 0.1) is 13.8 Å². The van der Waals surface area contributed by atoms with Gasteiger partial charge >= 0.3 is 18.5 Å². The number of likely N-dealkylation sites (tertiary alicyclic amines) is 3. The third-order valence-corrected chi connectivity index (χ3v) is 22.6. The summed E-state index contributed by atoms with van der Waals surface area (Å²) in [6.07, 6.45) is -7.96. The van der Waals surface area contributed by atoms with E-state index in [1.807, 2.05) is 143 Å². The number of anilines is 1. The first-order chi connectivity index (χ1) is 47.6. The molecule has 0 bridgehead atoms. The van der Waals surface area contributed by atoms with Crippen LogP contribution in [-0.4, -0.2) is 182 Å². The van der Waals surface area contributed by atoms with Crippen LogP contribution in [-0.2, 0) is 59.5 Å². The molecule has 0 unspecified atom stereocenters. The van der Waals surface area contributed by atoms with Crippen LogP contribution in [0.25, 0.3) is 16.8 Å². The molecule has 26 heteroatoms. The van der Waals surface area contributed by atoms with Gasteiger partial charge in [0.15, 0.2) is 5.65 Å². The van der Waals surface area contributed by atoms with Gasteiger partial charge in [0.05, 0.1) is 36.0 Å². The van der Waals surface area contributed by atoms with Crippen LogP contribution < -0.4 is 4.90 Å². The van der Waals surface area contributed by atoms with Crippen molar-refractivity contribution < 1.29 is 58.6 Å². The summed E-state index contributed by atoms with van der Waals surface area (Å²) in [6.45, 7) is 13.8. The molecule has 0 saturated carbocycles. The first-order valence-corrected chi connectivity index (χ1v) is 34.3. The van der Waals surface area contributed by atoms with E-state index in [1.54, 1.807) is 33.8 Å². The van der Waals surface area contributed by atoms with Crippen LogP contribution in [0.5, 0.6) is 0 Å². The van der Waals surface area contributed by atoms with E-state index in [4.69, 9.17) is 4.74 Å². The molecule has 7 aliphatic rings. The molecule has 100 heavy (non-hydrogen) atoms. The molecule has 4 saturated heterocycles. The van der Waals surface area contributed by atoms with Gasteiger partial charge in [0.2, 0.25) is 0 Å². The molecule has 17 nitrogen and oxygen atoms in total. The van der Waals surface area contributed by atoms with E-state index in [0.717, 1.165) is 48.0 Å². The predicted octanol–water partition coefficient (Wildman–Crippen LogP) is 12.6. The molecule has 0 N–H and O–H groups in total. The van der Waals surface area contributed by atoms with Gasteiger partial charge in [-0.15, -0.1) is 0 Å². The summed E-state index contributed by atoms with van der Waals surface area (Å²) in [6, 6.07) is 33.8. The normalized spacial score (nSPS) is 19.3. The van der Waals surface area contributed by atoms with Crippen molar-refractivity contribution in [3.63, 3.8) is 0 Å². The Labute approximate surface area is 575 Å². The number of aromatic nitrogens is 6. The average Bonchev–Trinajstić information content (AvgIpc) is 1.50. The van der Waals surface area contributed by atoms with Gasteiger partial charge in [-0.2, -0.15) is 49.1 Å². The monoisotopic (exact) mass is 1390 g/mol. The zero-order chi connectivity index (χ0) is 71.0. The maximum atomic E-state index is 13.5. The Morgan fingerprint density at radius 3 is 1.32 bits per heavy atom. The van der Waals surface area contributed by atoms with Crippen LogP contribution in [0.1, 0.15) is 133 Å². The Bertz CT molecular complexity index is 4310. The van der Waals surface area contributed by atoms with Gasteiger partial charge in [-0.1, -0.05) is 48.5 Å². The number of carbonyl (C=O) groups is 3. The Balaban J connectivity index is 0.000000135. The summed E-state index contributed by atoms with van der Waals surface area (Å²) in [7, 11) is 7.88. The number of piperidine rings is 3. The van der Waals surface area contributed by atoms with E-state index in [0.29, 0.717) is 162 Å². The number of fused-ring (bicyclic) bond motifs is 7. The van der Waals surface area contributed by atoms with Crippen molar-refractivity contribution in [1.82, 2.24) is 57.7 Å². The maximum absolute atomic E-state index is 13.5. The largest absolute Gasteiger partial charge is 0.431 e. The first-order valence-electron chi connectivity index (χ1n) is 34.3. The number of ether oxygens (including phenoxy) is 1. The number of halogens is 9. The zero-order valence-electron chi connectivity index (χ0n) is 57.3. The molecule has 3 spiro atoms. The van der Waals surface area contributed by atoms with Gasteiger partial charge in [0.25, 0.3) is 17.7 Å². The molecule has 532 valence electrons. The van der Waals surface area contributed by atoms with E-state index in [-0.39, 0.29) is 17.7 Å². The molecule has 0 atom stereocenters. The van der Waals surface area contributed by atoms with E-state index >= 15 is 0 Å². The molecule has 3 aromatic carbocycles. The van der Waals surface area contributed by atoms with Crippen molar-refractivity contribution in [2.24, 2.45) is 0 Å². The van der Waals surface area contributed by atoms with Crippen LogP contribution >= 0.6 is 0 Å². The predicted molar refractivity (Wildman–Crippen MR) is 360 cm³/mol. The van der Waals surface area contributed by atoms with Gasteiger partial charge in [-0.3, -0.25) is 29.1 Å². The molecule has 8 aromatic rings. The Morgan fingerprint density at radius 2 is 0.920 bits per heavy atom. The van der Waals surface area contributed by atoms with E-state index < -0.39 is 52.2 Å². The van der Waals surface area contributed by atoms with Gasteiger partial charge in [0.1, 0.15) is 28.5 Å². The molecule has 12 heterocycles. The lowest BCUT2D eigenvalue weighted by atomic mass is 9.81. The second kappa shape index (κ2) is 26.8. The fourth-order valence-electron chi connectivity index (χ4n) is 16.5. The van der Waals surface area contributed by atoms with Gasteiger partial charge < -0.3 is 38.0 Å². The Morgan fingerprint density at radius 1 is 0.510 bits per heavy atom. The second-order valence-corrected chi connectivity index (χ2v) is 27.8. The minimum atomic E-state index is -4.38.